The van der Waals surface area contributed by atoms with Crippen LogP contribution in [-0.2, 0) is 0 Å². The molecule has 0 saturated carbocycles. The van der Waals surface area contributed by atoms with E-state index in [-0.39, 0.29) is 11.8 Å². The zero-order valence-corrected chi connectivity index (χ0v) is 9.07. The maximum absolute atomic E-state index is 9.31. The molecule has 1 aliphatic heterocycles. The SMILES string of the molecule is CN1C(N)=NCC1c1ccc(O)c(Cl)c1. The van der Waals surface area contributed by atoms with E-state index in [0.29, 0.717) is 17.5 Å². The predicted molar refractivity (Wildman–Crippen MR) is 60.1 cm³/mol. The van der Waals surface area contributed by atoms with Crippen molar-refractivity contribution >= 4 is 17.6 Å². The summed E-state index contributed by atoms with van der Waals surface area (Å²) in [7, 11) is 1.89. The minimum absolute atomic E-state index is 0.0926. The van der Waals surface area contributed by atoms with Crippen LogP contribution in [-0.4, -0.2) is 29.6 Å². The van der Waals surface area contributed by atoms with Gasteiger partial charge < -0.3 is 15.7 Å². The van der Waals surface area contributed by atoms with Crippen molar-refractivity contribution in [3.05, 3.63) is 28.8 Å². The second-order valence-electron chi connectivity index (χ2n) is 3.54. The largest absolute Gasteiger partial charge is 0.506 e. The van der Waals surface area contributed by atoms with Gasteiger partial charge in [0, 0.05) is 7.05 Å². The molecule has 3 N–H and O–H groups in total. The molecule has 4 nitrogen and oxygen atoms in total. The fourth-order valence-corrected chi connectivity index (χ4v) is 1.82. The quantitative estimate of drug-likeness (QED) is 0.759. The Hall–Kier alpha value is -1.42. The number of nitrogens with zero attached hydrogens (tertiary/aromatic N) is 2. The molecule has 0 aromatic heterocycles. The normalized spacial score (nSPS) is 20.5. The van der Waals surface area contributed by atoms with Crippen LogP contribution in [0.3, 0.4) is 0 Å². The lowest BCUT2D eigenvalue weighted by molar-refractivity contribution is 0.413. The summed E-state index contributed by atoms with van der Waals surface area (Å²) in [6.45, 7) is 0.628. The van der Waals surface area contributed by atoms with Crippen LogP contribution in [0.25, 0.3) is 0 Å². The van der Waals surface area contributed by atoms with Gasteiger partial charge in [-0.25, -0.2) is 0 Å². The number of phenolic OH excluding ortho intramolecular Hbond substituents is 1. The highest BCUT2D eigenvalue weighted by molar-refractivity contribution is 6.32. The number of aromatic hydroxyl groups is 1. The number of guanidine groups is 1. The number of rotatable bonds is 1. The molecule has 1 atom stereocenters. The average Bonchev–Trinajstić information content (AvgIpc) is 2.53. The molecule has 1 aromatic carbocycles. The van der Waals surface area contributed by atoms with E-state index in [1.807, 2.05) is 18.0 Å². The summed E-state index contributed by atoms with van der Waals surface area (Å²) in [5.41, 5.74) is 6.67. The Labute approximate surface area is 93.0 Å². The molecule has 1 aromatic rings. The molecular formula is C10H12ClN3O. The summed E-state index contributed by atoms with van der Waals surface area (Å²) >= 11 is 5.84. The molecule has 0 fully saturated rings. The van der Waals surface area contributed by atoms with E-state index in [1.165, 1.54) is 0 Å². The van der Waals surface area contributed by atoms with Gasteiger partial charge in [0.15, 0.2) is 5.96 Å². The topological polar surface area (TPSA) is 61.8 Å². The Morgan fingerprint density at radius 2 is 2.33 bits per heavy atom. The van der Waals surface area contributed by atoms with Gasteiger partial charge in [-0.15, -0.1) is 0 Å². The number of nitrogens with two attached hydrogens (primary N) is 1. The number of aliphatic imine (C=N–C) groups is 1. The van der Waals surface area contributed by atoms with Gasteiger partial charge in [0.25, 0.3) is 0 Å². The van der Waals surface area contributed by atoms with Crippen molar-refractivity contribution in [3.63, 3.8) is 0 Å². The lowest BCUT2D eigenvalue weighted by Gasteiger charge is -2.21. The summed E-state index contributed by atoms with van der Waals surface area (Å²) in [5, 5.41) is 9.66. The fraction of sp³-hybridized carbons (Fsp3) is 0.300. The average molecular weight is 226 g/mol. The van der Waals surface area contributed by atoms with Gasteiger partial charge >= 0.3 is 0 Å². The molecule has 80 valence electrons. The molecule has 0 spiro atoms. The third kappa shape index (κ3) is 1.72. The van der Waals surface area contributed by atoms with E-state index in [1.54, 1.807) is 12.1 Å². The van der Waals surface area contributed by atoms with Crippen LogP contribution in [0.15, 0.2) is 23.2 Å². The first-order chi connectivity index (χ1) is 7.09. The molecule has 0 saturated heterocycles. The van der Waals surface area contributed by atoms with Gasteiger partial charge in [-0.3, -0.25) is 4.99 Å². The van der Waals surface area contributed by atoms with E-state index in [9.17, 15) is 5.11 Å². The zero-order chi connectivity index (χ0) is 11.0. The van der Waals surface area contributed by atoms with Crippen molar-refractivity contribution in [1.82, 2.24) is 4.90 Å². The minimum atomic E-state index is 0.0926. The van der Waals surface area contributed by atoms with Crippen molar-refractivity contribution in [2.75, 3.05) is 13.6 Å². The van der Waals surface area contributed by atoms with Crippen LogP contribution >= 0.6 is 11.6 Å². The van der Waals surface area contributed by atoms with Crippen LogP contribution in [0.1, 0.15) is 11.6 Å². The molecule has 0 bridgehead atoms. The fourth-order valence-electron chi connectivity index (χ4n) is 1.63. The van der Waals surface area contributed by atoms with Crippen LogP contribution in [0, 0.1) is 0 Å². The highest BCUT2D eigenvalue weighted by Gasteiger charge is 2.24. The first kappa shape index (κ1) is 10.1. The Kier molecular flexibility index (Phi) is 2.44. The summed E-state index contributed by atoms with van der Waals surface area (Å²) in [6.07, 6.45) is 0. The monoisotopic (exact) mass is 225 g/mol. The van der Waals surface area contributed by atoms with Gasteiger partial charge in [0.2, 0.25) is 0 Å². The number of phenols is 1. The minimum Gasteiger partial charge on any atom is -0.506 e. The number of hydrogen-bond acceptors (Lipinski definition) is 4. The van der Waals surface area contributed by atoms with Crippen LogP contribution in [0.5, 0.6) is 5.75 Å². The van der Waals surface area contributed by atoms with Crippen molar-refractivity contribution in [2.45, 2.75) is 6.04 Å². The van der Waals surface area contributed by atoms with Gasteiger partial charge in [-0.1, -0.05) is 17.7 Å². The molecule has 5 heteroatoms. The van der Waals surface area contributed by atoms with Gasteiger partial charge in [-0.2, -0.15) is 0 Å². The standard InChI is InChI=1S/C10H12ClN3O/c1-14-8(5-13-10(14)12)6-2-3-9(15)7(11)4-6/h2-4,8,15H,5H2,1H3,(H2,12,13). The Balaban J connectivity index is 2.28. The summed E-state index contributed by atoms with van der Waals surface area (Å²) < 4.78 is 0. The summed E-state index contributed by atoms with van der Waals surface area (Å²) in [4.78, 5) is 6.03. The van der Waals surface area contributed by atoms with Gasteiger partial charge in [-0.05, 0) is 17.7 Å². The maximum Gasteiger partial charge on any atom is 0.191 e. The first-order valence-electron chi connectivity index (χ1n) is 4.61. The van der Waals surface area contributed by atoms with E-state index >= 15 is 0 Å². The smallest absolute Gasteiger partial charge is 0.191 e. The second kappa shape index (κ2) is 3.62. The van der Waals surface area contributed by atoms with E-state index < -0.39 is 0 Å². The van der Waals surface area contributed by atoms with Crippen molar-refractivity contribution < 1.29 is 5.11 Å². The van der Waals surface area contributed by atoms with Crippen LogP contribution in [0.2, 0.25) is 5.02 Å². The van der Waals surface area contributed by atoms with Gasteiger partial charge in [0.05, 0.1) is 17.6 Å². The number of likely N-dealkylation sites (N-methyl/N-ethyl adjacent to an activating group) is 1. The maximum atomic E-state index is 9.31. The van der Waals surface area contributed by atoms with Crippen molar-refractivity contribution in [2.24, 2.45) is 10.7 Å². The third-order valence-corrected chi connectivity index (χ3v) is 2.91. The van der Waals surface area contributed by atoms with Crippen molar-refractivity contribution in [1.29, 1.82) is 0 Å². The first-order valence-corrected chi connectivity index (χ1v) is 4.98. The summed E-state index contributed by atoms with van der Waals surface area (Å²) in [5.74, 6) is 0.624. The Bertz CT molecular complexity index is 419. The lowest BCUT2D eigenvalue weighted by atomic mass is 10.1. The highest BCUT2D eigenvalue weighted by atomic mass is 35.5. The molecule has 0 amide bonds. The van der Waals surface area contributed by atoms with E-state index in [4.69, 9.17) is 17.3 Å². The van der Waals surface area contributed by atoms with Crippen LogP contribution < -0.4 is 5.73 Å². The molecular weight excluding hydrogens is 214 g/mol. The number of hydrogen-bond donors (Lipinski definition) is 2. The predicted octanol–water partition coefficient (Wildman–Crippen LogP) is 1.35. The molecule has 1 aliphatic rings. The number of halogens is 1. The molecule has 1 heterocycles. The molecule has 2 rings (SSSR count). The Morgan fingerprint density at radius 1 is 1.60 bits per heavy atom. The highest BCUT2D eigenvalue weighted by Crippen LogP contribution is 2.30. The summed E-state index contributed by atoms with van der Waals surface area (Å²) in [6, 6.07) is 5.27. The third-order valence-electron chi connectivity index (χ3n) is 2.61. The molecule has 15 heavy (non-hydrogen) atoms. The van der Waals surface area contributed by atoms with E-state index in [2.05, 4.69) is 4.99 Å². The second-order valence-corrected chi connectivity index (χ2v) is 3.94. The number of benzene rings is 1. The molecule has 0 radical (unpaired) electrons. The van der Waals surface area contributed by atoms with Crippen molar-refractivity contribution in [3.8, 4) is 5.75 Å². The zero-order valence-electron chi connectivity index (χ0n) is 8.31. The van der Waals surface area contributed by atoms with E-state index in [0.717, 1.165) is 5.56 Å². The van der Waals surface area contributed by atoms with Crippen LogP contribution in [0.4, 0.5) is 0 Å². The van der Waals surface area contributed by atoms with Gasteiger partial charge in [0.1, 0.15) is 5.75 Å². The lowest BCUT2D eigenvalue weighted by Crippen LogP contribution is -2.32. The molecule has 1 unspecified atom stereocenters. The Morgan fingerprint density at radius 3 is 2.87 bits per heavy atom. The molecule has 0 aliphatic carbocycles.